The molecule has 3 aromatic rings. The molecule has 0 unspecified atom stereocenters. The van der Waals surface area contributed by atoms with Crippen molar-refractivity contribution in [1.82, 2.24) is 24.9 Å². The van der Waals surface area contributed by atoms with Crippen molar-refractivity contribution in [3.8, 4) is 0 Å². The van der Waals surface area contributed by atoms with Crippen LogP contribution in [0.5, 0.6) is 0 Å². The van der Waals surface area contributed by atoms with Crippen molar-refractivity contribution in [2.75, 3.05) is 0 Å². The minimum absolute atomic E-state index is 0.106. The number of fused-ring (bicyclic) bond motifs is 1. The van der Waals surface area contributed by atoms with Gasteiger partial charge in [0.15, 0.2) is 5.65 Å². The molecule has 0 radical (unpaired) electrons. The van der Waals surface area contributed by atoms with Gasteiger partial charge in [0.2, 0.25) is 0 Å². The van der Waals surface area contributed by atoms with Crippen LogP contribution >= 0.6 is 0 Å². The first-order chi connectivity index (χ1) is 11.3. The van der Waals surface area contributed by atoms with E-state index in [1.165, 1.54) is 0 Å². The molecule has 0 aromatic carbocycles. The second kappa shape index (κ2) is 6.03. The predicted molar refractivity (Wildman–Crippen MR) is 91.8 cm³/mol. The lowest BCUT2D eigenvalue weighted by molar-refractivity contribution is 0.0943. The summed E-state index contributed by atoms with van der Waals surface area (Å²) in [6, 6.07) is 7.46. The van der Waals surface area contributed by atoms with Crippen LogP contribution in [0.15, 0.2) is 36.7 Å². The molecule has 0 aliphatic rings. The summed E-state index contributed by atoms with van der Waals surface area (Å²) in [7, 11) is 0. The lowest BCUT2D eigenvalue weighted by Crippen LogP contribution is -2.26. The molecular formula is C18H21N5O. The zero-order valence-electron chi connectivity index (χ0n) is 14.4. The van der Waals surface area contributed by atoms with Crippen LogP contribution in [0.1, 0.15) is 48.2 Å². The van der Waals surface area contributed by atoms with E-state index < -0.39 is 0 Å². The highest BCUT2D eigenvalue weighted by atomic mass is 16.2. The minimum atomic E-state index is -0.182. The van der Waals surface area contributed by atoms with Gasteiger partial charge in [-0.25, -0.2) is 9.50 Å². The Labute approximate surface area is 141 Å². The number of amides is 1. The first kappa shape index (κ1) is 16.1. The third kappa shape index (κ3) is 3.27. The molecule has 3 heterocycles. The number of aromatic nitrogens is 4. The molecule has 0 aliphatic carbocycles. The summed E-state index contributed by atoms with van der Waals surface area (Å²) in [4.78, 5) is 21.2. The number of carbonyl (C=O) groups excluding carboxylic acids is 1. The fourth-order valence-corrected chi connectivity index (χ4v) is 2.40. The van der Waals surface area contributed by atoms with Crippen LogP contribution in [-0.2, 0) is 12.0 Å². The summed E-state index contributed by atoms with van der Waals surface area (Å²) >= 11 is 0. The average Bonchev–Trinajstić information content (AvgIpc) is 2.97. The molecule has 24 heavy (non-hydrogen) atoms. The lowest BCUT2D eigenvalue weighted by atomic mass is 9.93. The van der Waals surface area contributed by atoms with Crippen LogP contribution in [0.3, 0.4) is 0 Å². The summed E-state index contributed by atoms with van der Waals surface area (Å²) in [6.45, 7) is 8.56. The molecule has 0 bridgehead atoms. The van der Waals surface area contributed by atoms with Gasteiger partial charge >= 0.3 is 0 Å². The molecule has 1 N–H and O–H groups in total. The first-order valence-corrected chi connectivity index (χ1v) is 7.89. The zero-order chi connectivity index (χ0) is 17.3. The maximum absolute atomic E-state index is 12.6. The van der Waals surface area contributed by atoms with E-state index in [9.17, 15) is 4.79 Å². The highest BCUT2D eigenvalue weighted by Gasteiger charge is 2.21. The molecule has 0 fully saturated rings. The van der Waals surface area contributed by atoms with Crippen LogP contribution in [-0.4, -0.2) is 25.5 Å². The maximum Gasteiger partial charge on any atom is 0.270 e. The van der Waals surface area contributed by atoms with Gasteiger partial charge in [0.05, 0.1) is 5.69 Å². The first-order valence-electron chi connectivity index (χ1n) is 7.89. The van der Waals surface area contributed by atoms with Gasteiger partial charge in [-0.3, -0.25) is 9.78 Å². The van der Waals surface area contributed by atoms with Gasteiger partial charge in [-0.15, -0.1) is 0 Å². The summed E-state index contributed by atoms with van der Waals surface area (Å²) < 4.78 is 1.62. The summed E-state index contributed by atoms with van der Waals surface area (Å²) in [5.74, 6) is -0.182. The number of nitrogens with zero attached hydrogens (tertiary/aromatic N) is 4. The Hall–Kier alpha value is -2.76. The zero-order valence-corrected chi connectivity index (χ0v) is 14.4. The SMILES string of the molecule is Cc1cc(C(=O)NCc2cccnc2)n2nc(C(C)(C)C)cc2n1. The van der Waals surface area contributed by atoms with Crippen molar-refractivity contribution in [2.45, 2.75) is 39.7 Å². The Morgan fingerprint density at radius 2 is 2.08 bits per heavy atom. The second-order valence-corrected chi connectivity index (χ2v) is 6.88. The molecule has 0 spiro atoms. The summed E-state index contributed by atoms with van der Waals surface area (Å²) in [5, 5.41) is 7.50. The fourth-order valence-electron chi connectivity index (χ4n) is 2.40. The third-order valence-electron chi connectivity index (χ3n) is 3.73. The van der Waals surface area contributed by atoms with E-state index >= 15 is 0 Å². The molecule has 124 valence electrons. The van der Waals surface area contributed by atoms with Crippen LogP contribution in [0.2, 0.25) is 0 Å². The topological polar surface area (TPSA) is 72.2 Å². The van der Waals surface area contributed by atoms with Crippen molar-refractivity contribution in [3.05, 3.63) is 59.3 Å². The lowest BCUT2D eigenvalue weighted by Gasteiger charge is -2.13. The number of carbonyl (C=O) groups is 1. The largest absolute Gasteiger partial charge is 0.347 e. The Kier molecular flexibility index (Phi) is 4.05. The van der Waals surface area contributed by atoms with Crippen molar-refractivity contribution in [2.24, 2.45) is 0 Å². The average molecular weight is 323 g/mol. The van der Waals surface area contributed by atoms with E-state index in [4.69, 9.17) is 0 Å². The number of pyridine rings is 1. The number of nitrogens with one attached hydrogen (secondary N) is 1. The standard InChI is InChI=1S/C18H21N5O/c1-12-8-14(17(24)20-11-13-6-5-7-19-10-13)23-16(21-12)9-15(22-23)18(2,3)4/h5-10H,11H2,1-4H3,(H,20,24). The molecule has 0 saturated heterocycles. The number of hydrogen-bond acceptors (Lipinski definition) is 4. The van der Waals surface area contributed by atoms with Gasteiger partial charge in [0.1, 0.15) is 5.69 Å². The molecule has 6 nitrogen and oxygen atoms in total. The smallest absolute Gasteiger partial charge is 0.270 e. The van der Waals surface area contributed by atoms with Crippen LogP contribution in [0, 0.1) is 6.92 Å². The van der Waals surface area contributed by atoms with Crippen LogP contribution < -0.4 is 5.32 Å². The highest BCUT2D eigenvalue weighted by Crippen LogP contribution is 2.22. The molecule has 1 amide bonds. The quantitative estimate of drug-likeness (QED) is 0.804. The van der Waals surface area contributed by atoms with E-state index in [0.29, 0.717) is 17.9 Å². The fraction of sp³-hybridized carbons (Fsp3) is 0.333. The van der Waals surface area contributed by atoms with E-state index in [0.717, 1.165) is 17.0 Å². The Balaban J connectivity index is 1.93. The van der Waals surface area contributed by atoms with E-state index in [2.05, 4.69) is 41.2 Å². The molecular weight excluding hydrogens is 302 g/mol. The van der Waals surface area contributed by atoms with Crippen molar-refractivity contribution in [3.63, 3.8) is 0 Å². The molecule has 3 rings (SSSR count). The van der Waals surface area contributed by atoms with E-state index in [1.54, 1.807) is 23.0 Å². The summed E-state index contributed by atoms with van der Waals surface area (Å²) in [5.41, 5.74) is 3.70. The second-order valence-electron chi connectivity index (χ2n) is 6.88. The van der Waals surface area contributed by atoms with E-state index in [1.807, 2.05) is 25.1 Å². The number of rotatable bonds is 3. The Bertz CT molecular complexity index is 878. The van der Waals surface area contributed by atoms with Gasteiger partial charge in [-0.05, 0) is 24.6 Å². The number of aryl methyl sites for hydroxylation is 1. The maximum atomic E-state index is 12.6. The molecule has 0 saturated carbocycles. The molecule has 0 atom stereocenters. The predicted octanol–water partition coefficient (Wildman–Crippen LogP) is 2.66. The van der Waals surface area contributed by atoms with Crippen LogP contribution in [0.4, 0.5) is 0 Å². The Morgan fingerprint density at radius 1 is 1.29 bits per heavy atom. The molecule has 6 heteroatoms. The molecule has 0 aliphatic heterocycles. The Morgan fingerprint density at radius 3 is 2.75 bits per heavy atom. The van der Waals surface area contributed by atoms with Crippen molar-refractivity contribution in [1.29, 1.82) is 0 Å². The monoisotopic (exact) mass is 323 g/mol. The van der Waals surface area contributed by atoms with E-state index in [-0.39, 0.29) is 11.3 Å². The number of hydrogen-bond donors (Lipinski definition) is 1. The normalized spacial score (nSPS) is 11.7. The van der Waals surface area contributed by atoms with Crippen LogP contribution in [0.25, 0.3) is 5.65 Å². The third-order valence-corrected chi connectivity index (χ3v) is 3.73. The highest BCUT2D eigenvalue weighted by molar-refractivity contribution is 5.93. The van der Waals surface area contributed by atoms with Gasteiger partial charge in [0, 0.05) is 36.1 Å². The van der Waals surface area contributed by atoms with Gasteiger partial charge in [0.25, 0.3) is 5.91 Å². The van der Waals surface area contributed by atoms with Crippen molar-refractivity contribution < 1.29 is 4.79 Å². The van der Waals surface area contributed by atoms with Gasteiger partial charge < -0.3 is 5.32 Å². The summed E-state index contributed by atoms with van der Waals surface area (Å²) in [6.07, 6.45) is 3.44. The van der Waals surface area contributed by atoms with Gasteiger partial charge in [-0.2, -0.15) is 5.10 Å². The molecule has 3 aromatic heterocycles. The van der Waals surface area contributed by atoms with Crippen molar-refractivity contribution >= 4 is 11.6 Å². The minimum Gasteiger partial charge on any atom is -0.347 e. The van der Waals surface area contributed by atoms with Gasteiger partial charge in [-0.1, -0.05) is 26.8 Å².